The molecule has 1 aromatic carbocycles. The number of carbonyl (C=O) groups is 1. The maximum absolute atomic E-state index is 12.5. The Labute approximate surface area is 138 Å². The molecule has 0 amide bonds. The third-order valence-corrected chi connectivity index (χ3v) is 4.47. The number of ether oxygens (including phenoxy) is 1. The van der Waals surface area contributed by atoms with Crippen LogP contribution in [0.5, 0.6) is 5.75 Å². The first-order chi connectivity index (χ1) is 10.6. The first kappa shape index (κ1) is 17.3. The van der Waals surface area contributed by atoms with Crippen LogP contribution in [0.25, 0.3) is 0 Å². The number of nitrogens with zero attached hydrogens (tertiary/aromatic N) is 1. The molecule has 0 unspecified atom stereocenters. The molecule has 0 aliphatic carbocycles. The number of hydrogen-bond donors (Lipinski definition) is 0. The molecule has 3 nitrogen and oxygen atoms in total. The maximum Gasteiger partial charge on any atom is 0.167 e. The highest BCUT2D eigenvalue weighted by Crippen LogP contribution is 2.25. The van der Waals surface area contributed by atoms with Gasteiger partial charge in [0.15, 0.2) is 5.78 Å². The van der Waals surface area contributed by atoms with E-state index < -0.39 is 0 Å². The molecule has 0 atom stereocenters. The molecule has 122 valence electrons. The summed E-state index contributed by atoms with van der Waals surface area (Å²) in [6, 6.07) is 5.30. The predicted molar refractivity (Wildman–Crippen MR) is 91.0 cm³/mol. The summed E-state index contributed by atoms with van der Waals surface area (Å²) in [5.41, 5.74) is 0.617. The SMILES string of the molecule is CCCOc1ccc(Cl)cc1C(=O)CCN1CCC(C)CC1. The maximum atomic E-state index is 12.5. The van der Waals surface area contributed by atoms with Crippen LogP contribution >= 0.6 is 11.6 Å². The van der Waals surface area contributed by atoms with E-state index >= 15 is 0 Å². The van der Waals surface area contributed by atoms with Gasteiger partial charge >= 0.3 is 0 Å². The highest BCUT2D eigenvalue weighted by Gasteiger charge is 2.18. The van der Waals surface area contributed by atoms with E-state index in [1.54, 1.807) is 18.2 Å². The standard InChI is InChI=1S/C18H26ClNO2/c1-3-12-22-18-5-4-15(19)13-16(18)17(21)8-11-20-9-6-14(2)7-10-20/h4-5,13-14H,3,6-12H2,1-2H3. The van der Waals surface area contributed by atoms with Crippen molar-refractivity contribution in [3.8, 4) is 5.75 Å². The van der Waals surface area contributed by atoms with Gasteiger partial charge in [0.05, 0.1) is 12.2 Å². The Balaban J connectivity index is 1.94. The Morgan fingerprint density at radius 3 is 2.77 bits per heavy atom. The number of carbonyl (C=O) groups excluding carboxylic acids is 1. The van der Waals surface area contributed by atoms with Crippen LogP contribution < -0.4 is 4.74 Å². The van der Waals surface area contributed by atoms with Crippen molar-refractivity contribution in [3.63, 3.8) is 0 Å². The van der Waals surface area contributed by atoms with E-state index in [1.807, 2.05) is 0 Å². The number of rotatable bonds is 7. The minimum absolute atomic E-state index is 0.118. The Morgan fingerprint density at radius 2 is 2.09 bits per heavy atom. The number of ketones is 1. The average molecular weight is 324 g/mol. The van der Waals surface area contributed by atoms with Crippen LogP contribution in [-0.2, 0) is 0 Å². The van der Waals surface area contributed by atoms with Gasteiger partial charge < -0.3 is 9.64 Å². The second-order valence-electron chi connectivity index (χ2n) is 6.19. The van der Waals surface area contributed by atoms with Crippen LogP contribution in [0.3, 0.4) is 0 Å². The molecule has 0 N–H and O–H groups in total. The Bertz CT molecular complexity index is 496. The van der Waals surface area contributed by atoms with Crippen LogP contribution in [0.2, 0.25) is 5.02 Å². The zero-order chi connectivity index (χ0) is 15.9. The topological polar surface area (TPSA) is 29.5 Å². The molecule has 1 aliphatic heterocycles. The van der Waals surface area contributed by atoms with Gasteiger partial charge in [-0.3, -0.25) is 4.79 Å². The second kappa shape index (κ2) is 8.54. The number of hydrogen-bond acceptors (Lipinski definition) is 3. The van der Waals surface area contributed by atoms with Crippen molar-refractivity contribution in [1.29, 1.82) is 0 Å². The van der Waals surface area contributed by atoms with Gasteiger partial charge in [0.25, 0.3) is 0 Å². The van der Waals surface area contributed by atoms with Crippen molar-refractivity contribution < 1.29 is 9.53 Å². The molecule has 0 spiro atoms. The van der Waals surface area contributed by atoms with Gasteiger partial charge in [-0.05, 0) is 56.5 Å². The third-order valence-electron chi connectivity index (χ3n) is 4.24. The van der Waals surface area contributed by atoms with Gasteiger partial charge in [0.2, 0.25) is 0 Å². The molecule has 4 heteroatoms. The Morgan fingerprint density at radius 1 is 1.36 bits per heavy atom. The summed E-state index contributed by atoms with van der Waals surface area (Å²) in [6.45, 7) is 7.99. The minimum Gasteiger partial charge on any atom is -0.493 e. The van der Waals surface area contributed by atoms with Crippen molar-refractivity contribution in [2.75, 3.05) is 26.2 Å². The van der Waals surface area contributed by atoms with Gasteiger partial charge in [-0.25, -0.2) is 0 Å². The van der Waals surface area contributed by atoms with Gasteiger partial charge in [-0.2, -0.15) is 0 Å². The summed E-state index contributed by atoms with van der Waals surface area (Å²) in [5, 5.41) is 0.582. The molecule has 1 fully saturated rings. The quantitative estimate of drug-likeness (QED) is 0.695. The molecular formula is C18H26ClNO2. The Hall–Kier alpha value is -1.06. The molecule has 0 bridgehead atoms. The van der Waals surface area contributed by atoms with Gasteiger partial charge in [-0.1, -0.05) is 25.4 Å². The molecule has 0 aromatic heterocycles. The zero-order valence-corrected chi connectivity index (χ0v) is 14.4. The first-order valence-electron chi connectivity index (χ1n) is 8.28. The van der Waals surface area contributed by atoms with E-state index in [4.69, 9.17) is 16.3 Å². The van der Waals surface area contributed by atoms with E-state index in [1.165, 1.54) is 12.8 Å². The van der Waals surface area contributed by atoms with Gasteiger partial charge in [0.1, 0.15) is 5.75 Å². The van der Waals surface area contributed by atoms with Gasteiger partial charge in [-0.15, -0.1) is 0 Å². The predicted octanol–water partition coefficient (Wildman–Crippen LogP) is 4.43. The number of likely N-dealkylation sites (tertiary alicyclic amines) is 1. The van der Waals surface area contributed by atoms with Crippen LogP contribution in [0.15, 0.2) is 18.2 Å². The molecule has 0 radical (unpaired) electrons. The summed E-state index contributed by atoms with van der Waals surface area (Å²) < 4.78 is 5.68. The fourth-order valence-corrected chi connectivity index (χ4v) is 2.91. The summed E-state index contributed by atoms with van der Waals surface area (Å²) in [4.78, 5) is 14.9. The van der Waals surface area contributed by atoms with E-state index in [0.29, 0.717) is 29.4 Å². The molecular weight excluding hydrogens is 298 g/mol. The van der Waals surface area contributed by atoms with E-state index in [2.05, 4.69) is 18.7 Å². The van der Waals surface area contributed by atoms with Crippen LogP contribution in [0, 0.1) is 5.92 Å². The monoisotopic (exact) mass is 323 g/mol. The molecule has 1 heterocycles. The molecule has 2 rings (SSSR count). The highest BCUT2D eigenvalue weighted by atomic mass is 35.5. The normalized spacial score (nSPS) is 16.7. The third kappa shape index (κ3) is 4.99. The van der Waals surface area contributed by atoms with Gasteiger partial charge in [0, 0.05) is 18.0 Å². The van der Waals surface area contributed by atoms with Crippen LogP contribution in [0.4, 0.5) is 0 Å². The summed E-state index contributed by atoms with van der Waals surface area (Å²) >= 11 is 6.04. The fraction of sp³-hybridized carbons (Fsp3) is 0.611. The van der Waals surface area contributed by atoms with Crippen molar-refractivity contribution >= 4 is 17.4 Å². The summed E-state index contributed by atoms with van der Waals surface area (Å²) in [6.07, 6.45) is 3.91. The Kier molecular flexibility index (Phi) is 6.71. The number of halogens is 1. The van der Waals surface area contributed by atoms with Crippen molar-refractivity contribution in [2.45, 2.75) is 39.5 Å². The first-order valence-corrected chi connectivity index (χ1v) is 8.66. The van der Waals surface area contributed by atoms with E-state index in [-0.39, 0.29) is 5.78 Å². The highest BCUT2D eigenvalue weighted by molar-refractivity contribution is 6.31. The van der Waals surface area contributed by atoms with Crippen molar-refractivity contribution in [3.05, 3.63) is 28.8 Å². The van der Waals surface area contributed by atoms with Crippen molar-refractivity contribution in [1.82, 2.24) is 4.90 Å². The lowest BCUT2D eigenvalue weighted by molar-refractivity contribution is 0.0949. The molecule has 0 saturated carbocycles. The smallest absolute Gasteiger partial charge is 0.167 e. The van der Waals surface area contributed by atoms with Crippen LogP contribution in [0.1, 0.15) is 49.9 Å². The lowest BCUT2D eigenvalue weighted by Gasteiger charge is -2.29. The largest absolute Gasteiger partial charge is 0.493 e. The fourth-order valence-electron chi connectivity index (χ4n) is 2.74. The summed E-state index contributed by atoms with van der Waals surface area (Å²) in [5.74, 6) is 1.59. The number of piperidine rings is 1. The molecule has 1 saturated heterocycles. The van der Waals surface area contributed by atoms with E-state index in [9.17, 15) is 4.79 Å². The summed E-state index contributed by atoms with van der Waals surface area (Å²) in [7, 11) is 0. The lowest BCUT2D eigenvalue weighted by Crippen LogP contribution is -2.34. The minimum atomic E-state index is 0.118. The number of benzene rings is 1. The molecule has 1 aliphatic rings. The average Bonchev–Trinajstić information content (AvgIpc) is 2.53. The van der Waals surface area contributed by atoms with Crippen LogP contribution in [-0.4, -0.2) is 36.9 Å². The second-order valence-corrected chi connectivity index (χ2v) is 6.62. The van der Waals surface area contributed by atoms with Crippen molar-refractivity contribution in [2.24, 2.45) is 5.92 Å². The van der Waals surface area contributed by atoms with E-state index in [0.717, 1.165) is 32.0 Å². The number of Topliss-reactive ketones (excluding diaryl/α,β-unsaturated/α-hetero) is 1. The zero-order valence-electron chi connectivity index (χ0n) is 13.6. The lowest BCUT2D eigenvalue weighted by atomic mass is 9.98. The molecule has 22 heavy (non-hydrogen) atoms. The molecule has 1 aromatic rings.